The van der Waals surface area contributed by atoms with Gasteiger partial charge in [0.25, 0.3) is 15.9 Å². The highest BCUT2D eigenvalue weighted by molar-refractivity contribution is 7.92. The highest BCUT2D eigenvalue weighted by atomic mass is 32.2. The van der Waals surface area contributed by atoms with Crippen LogP contribution >= 0.6 is 0 Å². The van der Waals surface area contributed by atoms with Crippen molar-refractivity contribution >= 4 is 21.6 Å². The smallest absolute Gasteiger partial charge is 0.262 e. The fourth-order valence-corrected chi connectivity index (χ4v) is 5.45. The molecule has 5 nitrogen and oxygen atoms in total. The van der Waals surface area contributed by atoms with Gasteiger partial charge < -0.3 is 5.32 Å². The van der Waals surface area contributed by atoms with Crippen molar-refractivity contribution in [2.45, 2.75) is 38.6 Å². The predicted molar refractivity (Wildman–Crippen MR) is 145 cm³/mol. The Morgan fingerprint density at radius 3 is 2.00 bits per heavy atom. The van der Waals surface area contributed by atoms with Crippen molar-refractivity contribution in [3.63, 3.8) is 0 Å². The van der Waals surface area contributed by atoms with Gasteiger partial charge in [-0.15, -0.1) is 0 Å². The zero-order valence-corrected chi connectivity index (χ0v) is 21.7. The zero-order chi connectivity index (χ0) is 25.9. The molecule has 4 aromatic carbocycles. The van der Waals surface area contributed by atoms with Crippen molar-refractivity contribution in [1.29, 1.82) is 0 Å². The van der Waals surface area contributed by atoms with Crippen molar-refractivity contribution in [2.24, 2.45) is 0 Å². The quantitative estimate of drug-likeness (QED) is 0.317. The summed E-state index contributed by atoms with van der Waals surface area (Å²) >= 11 is 0. The fraction of sp³-hybridized carbons (Fsp3) is 0.167. The van der Waals surface area contributed by atoms with E-state index in [2.05, 4.69) is 10.0 Å². The van der Waals surface area contributed by atoms with Crippen LogP contribution in [0.25, 0.3) is 0 Å². The Balaban J connectivity index is 1.66. The number of carbonyl (C=O) groups is 1. The number of amides is 1. The molecule has 6 heteroatoms. The van der Waals surface area contributed by atoms with Gasteiger partial charge in [0.15, 0.2) is 0 Å². The van der Waals surface area contributed by atoms with Crippen molar-refractivity contribution in [3.8, 4) is 0 Å². The minimum atomic E-state index is -3.91. The Hall–Kier alpha value is -3.90. The number of hydrogen-bond donors (Lipinski definition) is 2. The second kappa shape index (κ2) is 10.4. The molecule has 0 aliphatic carbocycles. The van der Waals surface area contributed by atoms with E-state index in [1.165, 1.54) is 6.07 Å². The van der Waals surface area contributed by atoms with Crippen LogP contribution in [0.15, 0.2) is 95.9 Å². The minimum Gasteiger partial charge on any atom is -0.341 e. The summed E-state index contributed by atoms with van der Waals surface area (Å²) in [5.74, 6) is -0.354. The molecule has 1 atom stereocenters. The molecule has 0 saturated heterocycles. The van der Waals surface area contributed by atoms with Crippen LogP contribution in [0, 0.1) is 27.7 Å². The number of rotatable bonds is 7. The predicted octanol–water partition coefficient (Wildman–Crippen LogP) is 6.24. The average Bonchev–Trinajstić information content (AvgIpc) is 2.86. The van der Waals surface area contributed by atoms with Crippen LogP contribution < -0.4 is 10.0 Å². The van der Waals surface area contributed by atoms with Gasteiger partial charge in [-0.3, -0.25) is 9.52 Å². The van der Waals surface area contributed by atoms with E-state index >= 15 is 0 Å². The molecule has 0 radical (unpaired) electrons. The topological polar surface area (TPSA) is 75.3 Å². The third kappa shape index (κ3) is 5.66. The van der Waals surface area contributed by atoms with Gasteiger partial charge in [-0.2, -0.15) is 0 Å². The first kappa shape index (κ1) is 25.2. The molecule has 2 N–H and O–H groups in total. The molecule has 1 amide bonds. The van der Waals surface area contributed by atoms with E-state index in [1.54, 1.807) is 25.1 Å². The fourth-order valence-electron chi connectivity index (χ4n) is 4.05. The largest absolute Gasteiger partial charge is 0.341 e. The monoisotopic (exact) mass is 498 g/mol. The number of hydrogen-bond acceptors (Lipinski definition) is 3. The van der Waals surface area contributed by atoms with Crippen LogP contribution in [0.5, 0.6) is 0 Å². The van der Waals surface area contributed by atoms with Crippen LogP contribution in [-0.2, 0) is 10.0 Å². The summed E-state index contributed by atoms with van der Waals surface area (Å²) < 4.78 is 29.3. The standard InChI is InChI=1S/C30H30N2O3S/c1-20-11-15-25(16-12-20)29(24-8-6-5-7-9-24)31-30(33)26-17-14-23(4)28(19-26)36(34,35)32-27-18-21(2)10-13-22(27)3/h5-19,29,32H,1-4H3,(H,31,33)/t29-/m1/s1. The van der Waals surface area contributed by atoms with Crippen molar-refractivity contribution in [2.75, 3.05) is 4.72 Å². The lowest BCUT2D eigenvalue weighted by atomic mass is 9.97. The van der Waals surface area contributed by atoms with Crippen LogP contribution in [0.2, 0.25) is 0 Å². The Bertz CT molecular complexity index is 1500. The lowest BCUT2D eigenvalue weighted by Gasteiger charge is -2.21. The van der Waals surface area contributed by atoms with Gasteiger partial charge in [-0.05, 0) is 73.7 Å². The summed E-state index contributed by atoms with van der Waals surface area (Å²) in [5, 5.41) is 3.10. The first-order chi connectivity index (χ1) is 17.1. The second-order valence-electron chi connectivity index (χ2n) is 9.13. The van der Waals surface area contributed by atoms with E-state index in [4.69, 9.17) is 0 Å². The molecular weight excluding hydrogens is 468 g/mol. The van der Waals surface area contributed by atoms with Crippen LogP contribution in [-0.4, -0.2) is 14.3 Å². The van der Waals surface area contributed by atoms with Crippen LogP contribution in [0.3, 0.4) is 0 Å². The Morgan fingerprint density at radius 1 is 0.694 bits per heavy atom. The lowest BCUT2D eigenvalue weighted by Crippen LogP contribution is -2.29. The summed E-state index contributed by atoms with van der Waals surface area (Å²) in [7, 11) is -3.91. The lowest BCUT2D eigenvalue weighted by molar-refractivity contribution is 0.0942. The van der Waals surface area contributed by atoms with Gasteiger partial charge >= 0.3 is 0 Å². The second-order valence-corrected chi connectivity index (χ2v) is 10.8. The Morgan fingerprint density at radius 2 is 1.31 bits per heavy atom. The molecule has 184 valence electrons. The first-order valence-electron chi connectivity index (χ1n) is 11.8. The van der Waals surface area contributed by atoms with Crippen LogP contribution in [0.1, 0.15) is 49.8 Å². The molecule has 0 aliphatic rings. The molecule has 36 heavy (non-hydrogen) atoms. The maximum atomic E-state index is 13.4. The number of nitrogens with one attached hydrogen (secondary N) is 2. The van der Waals surface area contributed by atoms with E-state index in [0.29, 0.717) is 11.3 Å². The summed E-state index contributed by atoms with van der Waals surface area (Å²) in [6, 6.07) is 27.7. The first-order valence-corrected chi connectivity index (χ1v) is 13.3. The zero-order valence-electron chi connectivity index (χ0n) is 20.9. The van der Waals surface area contributed by atoms with Gasteiger partial charge in [-0.25, -0.2) is 8.42 Å². The number of benzene rings is 4. The Labute approximate surface area is 213 Å². The summed E-state index contributed by atoms with van der Waals surface area (Å²) in [6.07, 6.45) is 0. The maximum absolute atomic E-state index is 13.4. The molecule has 0 unspecified atom stereocenters. The molecule has 0 heterocycles. The molecule has 0 bridgehead atoms. The van der Waals surface area contributed by atoms with Crippen LogP contribution in [0.4, 0.5) is 5.69 Å². The van der Waals surface area contributed by atoms with Gasteiger partial charge in [0.05, 0.1) is 16.6 Å². The summed E-state index contributed by atoms with van der Waals surface area (Å²) in [6.45, 7) is 7.49. The third-order valence-corrected chi connectivity index (χ3v) is 7.70. The van der Waals surface area contributed by atoms with Gasteiger partial charge in [0.2, 0.25) is 0 Å². The van der Waals surface area contributed by atoms with E-state index in [9.17, 15) is 13.2 Å². The SMILES string of the molecule is Cc1ccc([C@H](NC(=O)c2ccc(C)c(S(=O)(=O)Nc3cc(C)ccc3C)c2)c2ccccc2)cc1. The summed E-state index contributed by atoms with van der Waals surface area (Å²) in [5.41, 5.74) is 6.13. The minimum absolute atomic E-state index is 0.0719. The number of anilines is 1. The molecule has 4 aromatic rings. The van der Waals surface area contributed by atoms with Crippen molar-refractivity contribution in [3.05, 3.63) is 130 Å². The van der Waals surface area contributed by atoms with Gasteiger partial charge in [0.1, 0.15) is 0 Å². The third-order valence-electron chi connectivity index (χ3n) is 6.20. The average molecular weight is 499 g/mol. The van der Waals surface area contributed by atoms with Crippen molar-refractivity contribution < 1.29 is 13.2 Å². The molecule has 0 spiro atoms. The Kier molecular flexibility index (Phi) is 7.27. The number of aryl methyl sites for hydroxylation is 4. The summed E-state index contributed by atoms with van der Waals surface area (Å²) in [4.78, 5) is 13.5. The molecule has 0 fully saturated rings. The highest BCUT2D eigenvalue weighted by Gasteiger charge is 2.22. The van der Waals surface area contributed by atoms with E-state index in [-0.39, 0.29) is 22.4 Å². The maximum Gasteiger partial charge on any atom is 0.262 e. The molecule has 0 saturated carbocycles. The highest BCUT2D eigenvalue weighted by Crippen LogP contribution is 2.26. The molecular formula is C30H30N2O3S. The van der Waals surface area contributed by atoms with E-state index in [0.717, 1.165) is 27.8 Å². The van der Waals surface area contributed by atoms with E-state index < -0.39 is 10.0 Å². The molecule has 0 aliphatic heterocycles. The van der Waals surface area contributed by atoms with E-state index in [1.807, 2.05) is 87.5 Å². The number of carbonyl (C=O) groups excluding carboxylic acids is 1. The normalized spacial score (nSPS) is 12.1. The van der Waals surface area contributed by atoms with Gasteiger partial charge in [-0.1, -0.05) is 78.4 Å². The molecule has 0 aromatic heterocycles. The van der Waals surface area contributed by atoms with Gasteiger partial charge in [0, 0.05) is 5.56 Å². The number of sulfonamides is 1. The molecule has 4 rings (SSSR count). The van der Waals surface area contributed by atoms with Crippen molar-refractivity contribution in [1.82, 2.24) is 5.32 Å².